The highest BCUT2D eigenvalue weighted by atomic mass is 16.1. The molecule has 1 aliphatic rings. The number of benzene rings is 2. The molecule has 3 N–H and O–H groups in total. The van der Waals surface area contributed by atoms with Crippen LogP contribution in [-0.4, -0.2) is 5.91 Å². The minimum absolute atomic E-state index is 0.0662. The van der Waals surface area contributed by atoms with Gasteiger partial charge in [-0.05, 0) is 23.6 Å². The molecular formula is C11H8N2O. The Kier molecular flexibility index (Phi) is 1.19. The number of nitrogen functional groups attached to an aromatic ring is 1. The van der Waals surface area contributed by atoms with Crippen LogP contribution in [0.25, 0.3) is 10.8 Å². The van der Waals surface area contributed by atoms with Crippen molar-refractivity contribution in [3.63, 3.8) is 0 Å². The Morgan fingerprint density at radius 1 is 1.21 bits per heavy atom. The summed E-state index contributed by atoms with van der Waals surface area (Å²) in [7, 11) is 0. The number of carbonyl (C=O) groups is 1. The van der Waals surface area contributed by atoms with E-state index in [1.807, 2.05) is 24.3 Å². The highest BCUT2D eigenvalue weighted by Crippen LogP contribution is 2.34. The molecule has 3 rings (SSSR count). The molecule has 2 aromatic carbocycles. The van der Waals surface area contributed by atoms with E-state index >= 15 is 0 Å². The van der Waals surface area contributed by atoms with E-state index in [9.17, 15) is 4.79 Å². The van der Waals surface area contributed by atoms with Crippen molar-refractivity contribution in [1.82, 2.24) is 0 Å². The Morgan fingerprint density at radius 2 is 2.07 bits per heavy atom. The van der Waals surface area contributed by atoms with Crippen LogP contribution >= 0.6 is 0 Å². The second-order valence-corrected chi connectivity index (χ2v) is 3.43. The number of amides is 1. The summed E-state index contributed by atoms with van der Waals surface area (Å²) in [5.74, 6) is -0.0662. The summed E-state index contributed by atoms with van der Waals surface area (Å²) in [6, 6.07) is 9.36. The van der Waals surface area contributed by atoms with E-state index in [4.69, 9.17) is 5.73 Å². The third-order valence-electron chi connectivity index (χ3n) is 2.49. The second-order valence-electron chi connectivity index (χ2n) is 3.43. The Labute approximate surface area is 80.5 Å². The zero-order valence-corrected chi connectivity index (χ0v) is 7.37. The average molecular weight is 184 g/mol. The van der Waals surface area contributed by atoms with Gasteiger partial charge >= 0.3 is 0 Å². The van der Waals surface area contributed by atoms with Crippen LogP contribution in [0.3, 0.4) is 0 Å². The minimum Gasteiger partial charge on any atom is -0.399 e. The standard InChI is InChI=1S/C11H8N2O/c12-7-4-6-2-1-3-9-10(6)8(5-7)11(14)13-9/h1-5H,12H2,(H,13,14). The SMILES string of the molecule is Nc1cc2c3c(cccc3c1)NC2=O. The van der Waals surface area contributed by atoms with Crippen molar-refractivity contribution in [2.45, 2.75) is 0 Å². The van der Waals surface area contributed by atoms with Gasteiger partial charge in [-0.25, -0.2) is 0 Å². The first kappa shape index (κ1) is 7.38. The predicted octanol–water partition coefficient (Wildman–Crippen LogP) is 1.99. The van der Waals surface area contributed by atoms with E-state index in [1.54, 1.807) is 6.07 Å². The van der Waals surface area contributed by atoms with Crippen molar-refractivity contribution in [3.05, 3.63) is 35.9 Å². The summed E-state index contributed by atoms with van der Waals surface area (Å²) in [6.07, 6.45) is 0. The molecule has 2 aromatic rings. The molecule has 0 radical (unpaired) electrons. The van der Waals surface area contributed by atoms with Crippen LogP contribution in [0.5, 0.6) is 0 Å². The van der Waals surface area contributed by atoms with Crippen LogP contribution in [0.2, 0.25) is 0 Å². The van der Waals surface area contributed by atoms with Crippen molar-refractivity contribution < 1.29 is 4.79 Å². The maximum Gasteiger partial charge on any atom is 0.256 e. The molecule has 0 aliphatic carbocycles. The fourth-order valence-corrected chi connectivity index (χ4v) is 1.92. The van der Waals surface area contributed by atoms with E-state index in [-0.39, 0.29) is 5.91 Å². The lowest BCUT2D eigenvalue weighted by Crippen LogP contribution is -2.04. The van der Waals surface area contributed by atoms with Crippen LogP contribution in [0.15, 0.2) is 30.3 Å². The fraction of sp³-hybridized carbons (Fsp3) is 0. The summed E-state index contributed by atoms with van der Waals surface area (Å²) in [6.45, 7) is 0. The normalized spacial score (nSPS) is 13.3. The van der Waals surface area contributed by atoms with Crippen LogP contribution in [0.4, 0.5) is 11.4 Å². The molecule has 14 heavy (non-hydrogen) atoms. The fourth-order valence-electron chi connectivity index (χ4n) is 1.92. The lowest BCUT2D eigenvalue weighted by Gasteiger charge is -2.00. The van der Waals surface area contributed by atoms with Crippen LogP contribution < -0.4 is 11.1 Å². The first-order valence-corrected chi connectivity index (χ1v) is 4.39. The van der Waals surface area contributed by atoms with Gasteiger partial charge in [0.2, 0.25) is 0 Å². The predicted molar refractivity (Wildman–Crippen MR) is 56.3 cm³/mol. The number of rotatable bonds is 0. The number of anilines is 2. The van der Waals surface area contributed by atoms with E-state index in [1.165, 1.54) is 0 Å². The van der Waals surface area contributed by atoms with Crippen LogP contribution in [0, 0.1) is 0 Å². The first-order valence-electron chi connectivity index (χ1n) is 4.39. The number of hydrogen-bond donors (Lipinski definition) is 2. The smallest absolute Gasteiger partial charge is 0.256 e. The average Bonchev–Trinajstić information content (AvgIpc) is 2.45. The van der Waals surface area contributed by atoms with Crippen molar-refractivity contribution in [2.24, 2.45) is 0 Å². The van der Waals surface area contributed by atoms with E-state index in [2.05, 4.69) is 5.32 Å². The lowest BCUT2D eigenvalue weighted by atomic mass is 10.0. The molecular weight excluding hydrogens is 176 g/mol. The summed E-state index contributed by atoms with van der Waals surface area (Å²) in [5.41, 5.74) is 7.89. The maximum atomic E-state index is 11.5. The van der Waals surface area contributed by atoms with Crippen molar-refractivity contribution in [2.75, 3.05) is 11.1 Å². The molecule has 0 bridgehead atoms. The molecule has 0 aromatic heterocycles. The molecule has 0 fully saturated rings. The van der Waals surface area contributed by atoms with Gasteiger partial charge in [0.15, 0.2) is 0 Å². The van der Waals surface area contributed by atoms with Gasteiger partial charge in [0.1, 0.15) is 0 Å². The van der Waals surface area contributed by atoms with Gasteiger partial charge in [-0.15, -0.1) is 0 Å². The molecule has 3 heteroatoms. The summed E-state index contributed by atoms with van der Waals surface area (Å²) < 4.78 is 0. The van der Waals surface area contributed by atoms with E-state index < -0.39 is 0 Å². The summed E-state index contributed by atoms with van der Waals surface area (Å²) in [4.78, 5) is 11.5. The highest BCUT2D eigenvalue weighted by molar-refractivity contribution is 6.24. The number of hydrogen-bond acceptors (Lipinski definition) is 2. The van der Waals surface area contributed by atoms with Gasteiger partial charge in [0.25, 0.3) is 5.91 Å². The van der Waals surface area contributed by atoms with Gasteiger partial charge in [-0.3, -0.25) is 4.79 Å². The van der Waals surface area contributed by atoms with Gasteiger partial charge < -0.3 is 11.1 Å². The van der Waals surface area contributed by atoms with Crippen LogP contribution in [0.1, 0.15) is 10.4 Å². The topological polar surface area (TPSA) is 55.1 Å². The minimum atomic E-state index is -0.0662. The van der Waals surface area contributed by atoms with Gasteiger partial charge in [0.05, 0.1) is 5.56 Å². The third kappa shape index (κ3) is 0.785. The third-order valence-corrected chi connectivity index (χ3v) is 2.49. The van der Waals surface area contributed by atoms with E-state index in [0.717, 1.165) is 16.5 Å². The highest BCUT2D eigenvalue weighted by Gasteiger charge is 2.21. The van der Waals surface area contributed by atoms with Crippen molar-refractivity contribution in [3.8, 4) is 0 Å². The molecule has 68 valence electrons. The number of carbonyl (C=O) groups excluding carboxylic acids is 1. The summed E-state index contributed by atoms with van der Waals surface area (Å²) >= 11 is 0. The van der Waals surface area contributed by atoms with Crippen molar-refractivity contribution >= 4 is 28.1 Å². The zero-order chi connectivity index (χ0) is 9.71. The maximum absolute atomic E-state index is 11.5. The molecule has 0 unspecified atom stereocenters. The second kappa shape index (κ2) is 2.26. The molecule has 1 amide bonds. The first-order chi connectivity index (χ1) is 6.75. The largest absolute Gasteiger partial charge is 0.399 e. The lowest BCUT2D eigenvalue weighted by molar-refractivity contribution is 0.103. The summed E-state index contributed by atoms with van der Waals surface area (Å²) in [5, 5.41) is 4.79. The molecule has 0 spiro atoms. The molecule has 0 atom stereocenters. The Morgan fingerprint density at radius 3 is 2.93 bits per heavy atom. The molecule has 0 saturated heterocycles. The number of nitrogens with one attached hydrogen (secondary N) is 1. The zero-order valence-electron chi connectivity index (χ0n) is 7.37. The Bertz CT molecular complexity index is 560. The molecule has 0 saturated carbocycles. The monoisotopic (exact) mass is 184 g/mol. The van der Waals surface area contributed by atoms with E-state index in [0.29, 0.717) is 11.3 Å². The molecule has 1 heterocycles. The Hall–Kier alpha value is -2.03. The number of nitrogens with two attached hydrogens (primary N) is 1. The molecule has 1 aliphatic heterocycles. The van der Waals surface area contributed by atoms with Gasteiger partial charge in [-0.1, -0.05) is 12.1 Å². The molecule has 3 nitrogen and oxygen atoms in total. The quantitative estimate of drug-likeness (QED) is 0.615. The van der Waals surface area contributed by atoms with Gasteiger partial charge in [-0.2, -0.15) is 0 Å². The van der Waals surface area contributed by atoms with Gasteiger partial charge in [0, 0.05) is 16.8 Å². The van der Waals surface area contributed by atoms with Crippen molar-refractivity contribution in [1.29, 1.82) is 0 Å². The van der Waals surface area contributed by atoms with Crippen LogP contribution in [-0.2, 0) is 0 Å². The Balaban J connectivity index is 2.56.